The first-order chi connectivity index (χ1) is 8.09. The van der Waals surface area contributed by atoms with Crippen molar-refractivity contribution in [1.82, 2.24) is 10.6 Å². The van der Waals surface area contributed by atoms with Crippen LogP contribution in [-0.4, -0.2) is 24.5 Å². The van der Waals surface area contributed by atoms with Gasteiger partial charge in [0.2, 0.25) is 0 Å². The summed E-state index contributed by atoms with van der Waals surface area (Å²) in [5, 5.41) is 7.05. The first-order valence-corrected chi connectivity index (χ1v) is 6.26. The van der Waals surface area contributed by atoms with Gasteiger partial charge in [0.15, 0.2) is 0 Å². The van der Waals surface area contributed by atoms with E-state index >= 15 is 0 Å². The number of rotatable bonds is 2. The zero-order valence-corrected chi connectivity index (χ0v) is 11.9. The van der Waals surface area contributed by atoms with E-state index < -0.39 is 0 Å². The molecule has 3 nitrogen and oxygen atoms in total. The maximum Gasteiger partial charge on any atom is 0.251 e. The molecule has 5 heteroatoms. The molecule has 0 atom stereocenters. The summed E-state index contributed by atoms with van der Waals surface area (Å²) in [6, 6.07) is 6.98. The third-order valence-corrected chi connectivity index (χ3v) is 3.48. The van der Waals surface area contributed by atoms with Crippen LogP contribution in [0, 0.1) is 0 Å². The lowest BCUT2D eigenvalue weighted by molar-refractivity contribution is 0.0887. The molecule has 0 radical (unpaired) electrons. The van der Waals surface area contributed by atoms with Gasteiger partial charge in [-0.25, -0.2) is 0 Å². The van der Waals surface area contributed by atoms with E-state index in [4.69, 9.17) is 11.6 Å². The quantitative estimate of drug-likeness (QED) is 0.878. The molecule has 18 heavy (non-hydrogen) atoms. The second-order valence-electron chi connectivity index (χ2n) is 4.77. The zero-order chi connectivity index (χ0) is 12.3. The molecule has 1 amide bonds. The van der Waals surface area contributed by atoms with E-state index in [1.165, 1.54) is 0 Å². The predicted octanol–water partition coefficient (Wildman–Crippen LogP) is 2.63. The van der Waals surface area contributed by atoms with Crippen LogP contribution in [-0.2, 0) is 0 Å². The molecule has 1 aromatic carbocycles. The van der Waals surface area contributed by atoms with Crippen LogP contribution in [0.3, 0.4) is 0 Å². The van der Waals surface area contributed by atoms with Crippen molar-refractivity contribution in [3.8, 4) is 0 Å². The average Bonchev–Trinajstić information content (AvgIpc) is 2.30. The van der Waals surface area contributed by atoms with Crippen LogP contribution in [0.5, 0.6) is 0 Å². The third kappa shape index (κ3) is 3.87. The van der Waals surface area contributed by atoms with Crippen molar-refractivity contribution in [2.75, 3.05) is 13.1 Å². The predicted molar refractivity (Wildman–Crippen MR) is 76.7 cm³/mol. The van der Waals surface area contributed by atoms with Gasteiger partial charge in [0.1, 0.15) is 0 Å². The lowest BCUT2D eigenvalue weighted by Gasteiger charge is -2.35. The highest BCUT2D eigenvalue weighted by atomic mass is 35.5. The third-order valence-electron chi connectivity index (χ3n) is 3.23. The minimum atomic E-state index is -0.0953. The molecule has 100 valence electrons. The number of carbonyl (C=O) groups is 1. The molecule has 1 aliphatic heterocycles. The Morgan fingerprint density at radius 3 is 2.39 bits per heavy atom. The Labute approximate surface area is 119 Å². The fourth-order valence-corrected chi connectivity index (χ4v) is 2.18. The Hall–Kier alpha value is -0.770. The van der Waals surface area contributed by atoms with Gasteiger partial charge in [-0.3, -0.25) is 4.79 Å². The van der Waals surface area contributed by atoms with Crippen LogP contribution >= 0.6 is 24.0 Å². The monoisotopic (exact) mass is 288 g/mol. The van der Waals surface area contributed by atoms with Gasteiger partial charge in [-0.05, 0) is 57.1 Å². The van der Waals surface area contributed by atoms with E-state index in [1.54, 1.807) is 24.3 Å². The summed E-state index contributed by atoms with van der Waals surface area (Å²) in [6.07, 6.45) is 1.93. The van der Waals surface area contributed by atoms with Gasteiger partial charge >= 0.3 is 0 Å². The Balaban J connectivity index is 0.00000162. The summed E-state index contributed by atoms with van der Waals surface area (Å²) < 4.78 is 0. The van der Waals surface area contributed by atoms with Gasteiger partial charge in [-0.15, -0.1) is 12.4 Å². The summed E-state index contributed by atoms with van der Waals surface area (Å²) in [6.45, 7) is 4.01. The number of halogens is 2. The molecule has 1 fully saturated rings. The second-order valence-corrected chi connectivity index (χ2v) is 5.21. The average molecular weight is 289 g/mol. The highest BCUT2D eigenvalue weighted by molar-refractivity contribution is 6.30. The molecule has 2 N–H and O–H groups in total. The van der Waals surface area contributed by atoms with E-state index in [9.17, 15) is 4.79 Å². The Bertz CT molecular complexity index is 400. The molecule has 0 saturated carbocycles. The van der Waals surface area contributed by atoms with Crippen LogP contribution in [0.2, 0.25) is 5.02 Å². The minimum absolute atomic E-state index is 0. The lowest BCUT2D eigenvalue weighted by atomic mass is 9.90. The normalized spacial score (nSPS) is 17.7. The van der Waals surface area contributed by atoms with Crippen LogP contribution in [0.4, 0.5) is 0 Å². The van der Waals surface area contributed by atoms with Gasteiger partial charge < -0.3 is 10.6 Å². The molecule has 0 spiro atoms. The molecular formula is C13H18Cl2N2O. The molecular weight excluding hydrogens is 271 g/mol. The highest BCUT2D eigenvalue weighted by Crippen LogP contribution is 2.18. The Kier molecular flexibility index (Phi) is 5.45. The number of benzene rings is 1. The molecule has 0 bridgehead atoms. The molecule has 1 heterocycles. The molecule has 0 aromatic heterocycles. The van der Waals surface area contributed by atoms with Crippen LogP contribution < -0.4 is 10.6 Å². The smallest absolute Gasteiger partial charge is 0.251 e. The Morgan fingerprint density at radius 1 is 1.28 bits per heavy atom. The first kappa shape index (κ1) is 15.3. The van der Waals surface area contributed by atoms with Crippen molar-refractivity contribution >= 4 is 29.9 Å². The zero-order valence-electron chi connectivity index (χ0n) is 10.3. The summed E-state index contributed by atoms with van der Waals surface area (Å²) in [5.41, 5.74) is 0.566. The van der Waals surface area contributed by atoms with Gasteiger partial charge in [0.05, 0.1) is 0 Å². The van der Waals surface area contributed by atoms with Crippen LogP contribution in [0.25, 0.3) is 0 Å². The largest absolute Gasteiger partial charge is 0.347 e. The fourth-order valence-electron chi connectivity index (χ4n) is 2.05. The molecule has 1 aliphatic rings. The Morgan fingerprint density at radius 2 is 1.83 bits per heavy atom. The summed E-state index contributed by atoms with van der Waals surface area (Å²) >= 11 is 5.80. The molecule has 0 aliphatic carbocycles. The standard InChI is InChI=1S/C13H17ClN2O.ClH/c1-13(6-8-15-9-7-13)16-12(17)10-2-4-11(14)5-3-10;/h2-5,15H,6-9H2,1H3,(H,16,17);1H. The number of piperidine rings is 1. The van der Waals surface area contributed by atoms with Crippen molar-refractivity contribution in [2.24, 2.45) is 0 Å². The topological polar surface area (TPSA) is 41.1 Å². The van der Waals surface area contributed by atoms with Crippen molar-refractivity contribution < 1.29 is 4.79 Å². The van der Waals surface area contributed by atoms with E-state index in [2.05, 4.69) is 17.6 Å². The van der Waals surface area contributed by atoms with Crippen LogP contribution in [0.1, 0.15) is 30.1 Å². The lowest BCUT2D eigenvalue weighted by Crippen LogP contribution is -2.52. The number of amides is 1. The second kappa shape index (κ2) is 6.41. The number of hydrogen-bond acceptors (Lipinski definition) is 2. The summed E-state index contributed by atoms with van der Waals surface area (Å²) in [4.78, 5) is 12.1. The van der Waals surface area contributed by atoms with Crippen molar-refractivity contribution in [3.63, 3.8) is 0 Å². The van der Waals surface area contributed by atoms with Gasteiger partial charge in [-0.2, -0.15) is 0 Å². The SMILES string of the molecule is CC1(NC(=O)c2ccc(Cl)cc2)CCNCC1.Cl. The first-order valence-electron chi connectivity index (χ1n) is 5.88. The summed E-state index contributed by atoms with van der Waals surface area (Å²) in [7, 11) is 0. The maximum atomic E-state index is 12.1. The number of hydrogen-bond donors (Lipinski definition) is 2. The van der Waals surface area contributed by atoms with Gasteiger partial charge in [-0.1, -0.05) is 11.6 Å². The minimum Gasteiger partial charge on any atom is -0.347 e. The number of carbonyl (C=O) groups excluding carboxylic acids is 1. The van der Waals surface area contributed by atoms with Crippen molar-refractivity contribution in [2.45, 2.75) is 25.3 Å². The van der Waals surface area contributed by atoms with Crippen molar-refractivity contribution in [1.29, 1.82) is 0 Å². The van der Waals surface area contributed by atoms with Gasteiger partial charge in [0, 0.05) is 16.1 Å². The number of nitrogens with one attached hydrogen (secondary N) is 2. The van der Waals surface area contributed by atoms with Gasteiger partial charge in [0.25, 0.3) is 5.91 Å². The fraction of sp³-hybridized carbons (Fsp3) is 0.462. The molecule has 0 unspecified atom stereocenters. The van der Waals surface area contributed by atoms with E-state index in [0.29, 0.717) is 10.6 Å². The van der Waals surface area contributed by atoms with Crippen molar-refractivity contribution in [3.05, 3.63) is 34.9 Å². The van der Waals surface area contributed by atoms with E-state index in [-0.39, 0.29) is 23.9 Å². The molecule has 2 rings (SSSR count). The molecule has 1 aromatic rings. The van der Waals surface area contributed by atoms with Crippen LogP contribution in [0.15, 0.2) is 24.3 Å². The maximum absolute atomic E-state index is 12.1. The molecule has 1 saturated heterocycles. The summed E-state index contributed by atoms with van der Waals surface area (Å²) in [5.74, 6) is -0.0222. The van der Waals surface area contributed by atoms with E-state index in [0.717, 1.165) is 25.9 Å². The highest BCUT2D eigenvalue weighted by Gasteiger charge is 2.28. The van der Waals surface area contributed by atoms with E-state index in [1.807, 2.05) is 0 Å².